The standard InChI is InChI=1S/C15H17BrN2O2/c1-19-14-4-2-3-13-12(14)5-6-17-15(13)18-7-8-20-10-11(18)9-16/h2-6,11H,7-10H2,1H3. The van der Waals surface area contributed by atoms with Gasteiger partial charge in [0, 0.05) is 28.8 Å². The van der Waals surface area contributed by atoms with Crippen LogP contribution in [0.4, 0.5) is 5.82 Å². The molecule has 0 bridgehead atoms. The second-order valence-electron chi connectivity index (χ2n) is 4.77. The third-order valence-corrected chi connectivity index (χ3v) is 4.39. The van der Waals surface area contributed by atoms with Crippen LogP contribution < -0.4 is 9.64 Å². The number of rotatable bonds is 3. The molecule has 1 aromatic carbocycles. The summed E-state index contributed by atoms with van der Waals surface area (Å²) in [5, 5.41) is 3.09. The number of benzene rings is 1. The first-order chi connectivity index (χ1) is 9.85. The van der Waals surface area contributed by atoms with Crippen molar-refractivity contribution in [1.29, 1.82) is 0 Å². The Morgan fingerprint density at radius 3 is 3.10 bits per heavy atom. The highest BCUT2D eigenvalue weighted by molar-refractivity contribution is 9.09. The summed E-state index contributed by atoms with van der Waals surface area (Å²) in [6.07, 6.45) is 1.85. The van der Waals surface area contributed by atoms with E-state index < -0.39 is 0 Å². The fourth-order valence-corrected chi connectivity index (χ4v) is 3.17. The molecule has 0 N–H and O–H groups in total. The highest BCUT2D eigenvalue weighted by atomic mass is 79.9. The van der Waals surface area contributed by atoms with Crippen LogP contribution in [0, 0.1) is 0 Å². The molecule has 0 aliphatic carbocycles. The molecule has 20 heavy (non-hydrogen) atoms. The van der Waals surface area contributed by atoms with Gasteiger partial charge in [0.2, 0.25) is 0 Å². The Bertz CT molecular complexity index is 605. The van der Waals surface area contributed by atoms with Gasteiger partial charge in [-0.2, -0.15) is 0 Å². The van der Waals surface area contributed by atoms with Crippen LogP contribution in [-0.2, 0) is 4.74 Å². The minimum atomic E-state index is 0.313. The molecule has 0 saturated carbocycles. The lowest BCUT2D eigenvalue weighted by Crippen LogP contribution is -2.47. The van der Waals surface area contributed by atoms with Crippen LogP contribution in [0.5, 0.6) is 5.75 Å². The van der Waals surface area contributed by atoms with E-state index in [2.05, 4.69) is 31.9 Å². The molecular weight excluding hydrogens is 320 g/mol. The van der Waals surface area contributed by atoms with Gasteiger partial charge in [0.05, 0.1) is 26.4 Å². The summed E-state index contributed by atoms with van der Waals surface area (Å²) >= 11 is 3.57. The zero-order chi connectivity index (χ0) is 13.9. The van der Waals surface area contributed by atoms with E-state index >= 15 is 0 Å². The van der Waals surface area contributed by atoms with E-state index in [0.717, 1.165) is 47.4 Å². The lowest BCUT2D eigenvalue weighted by molar-refractivity contribution is 0.100. The quantitative estimate of drug-likeness (QED) is 0.807. The molecule has 0 amide bonds. The average molecular weight is 337 g/mol. The van der Waals surface area contributed by atoms with Gasteiger partial charge in [-0.3, -0.25) is 0 Å². The lowest BCUT2D eigenvalue weighted by atomic mass is 10.1. The van der Waals surface area contributed by atoms with Crippen LogP contribution in [0.2, 0.25) is 0 Å². The molecule has 0 spiro atoms. The molecule has 1 unspecified atom stereocenters. The van der Waals surface area contributed by atoms with Crippen molar-refractivity contribution in [3.63, 3.8) is 0 Å². The number of aromatic nitrogens is 1. The summed E-state index contributed by atoms with van der Waals surface area (Å²) in [6, 6.07) is 8.40. The van der Waals surface area contributed by atoms with Gasteiger partial charge in [-0.15, -0.1) is 0 Å². The van der Waals surface area contributed by atoms with Gasteiger partial charge in [-0.25, -0.2) is 4.98 Å². The van der Waals surface area contributed by atoms with E-state index in [0.29, 0.717) is 6.04 Å². The largest absolute Gasteiger partial charge is 0.496 e. The minimum Gasteiger partial charge on any atom is -0.496 e. The summed E-state index contributed by atoms with van der Waals surface area (Å²) in [5.74, 6) is 1.89. The normalized spacial score (nSPS) is 19.3. The van der Waals surface area contributed by atoms with E-state index in [4.69, 9.17) is 9.47 Å². The molecule has 1 aromatic heterocycles. The van der Waals surface area contributed by atoms with Gasteiger partial charge >= 0.3 is 0 Å². The van der Waals surface area contributed by atoms with E-state index in [1.165, 1.54) is 0 Å². The smallest absolute Gasteiger partial charge is 0.136 e. The Labute approximate surface area is 126 Å². The van der Waals surface area contributed by atoms with Gasteiger partial charge in [-0.1, -0.05) is 28.1 Å². The van der Waals surface area contributed by atoms with Gasteiger partial charge < -0.3 is 14.4 Å². The molecule has 1 fully saturated rings. The van der Waals surface area contributed by atoms with Crippen molar-refractivity contribution in [2.24, 2.45) is 0 Å². The molecule has 1 saturated heterocycles. The number of hydrogen-bond acceptors (Lipinski definition) is 4. The SMILES string of the molecule is COc1cccc2c(N3CCOCC3CBr)nccc12. The molecule has 1 atom stereocenters. The summed E-state index contributed by atoms with van der Waals surface area (Å²) < 4.78 is 11.0. The van der Waals surface area contributed by atoms with Crippen LogP contribution >= 0.6 is 15.9 Å². The number of halogens is 1. The molecule has 4 nitrogen and oxygen atoms in total. The first kappa shape index (κ1) is 13.6. The molecule has 106 valence electrons. The summed E-state index contributed by atoms with van der Waals surface area (Å²) in [4.78, 5) is 6.92. The van der Waals surface area contributed by atoms with Crippen LogP contribution in [-0.4, -0.2) is 43.2 Å². The third-order valence-electron chi connectivity index (χ3n) is 3.64. The second-order valence-corrected chi connectivity index (χ2v) is 5.41. The number of alkyl halides is 1. The van der Waals surface area contributed by atoms with Gasteiger partial charge in [-0.05, 0) is 12.1 Å². The van der Waals surface area contributed by atoms with Crippen molar-refractivity contribution >= 4 is 32.5 Å². The van der Waals surface area contributed by atoms with Gasteiger partial charge in [0.25, 0.3) is 0 Å². The van der Waals surface area contributed by atoms with Crippen LogP contribution in [0.15, 0.2) is 30.5 Å². The molecule has 3 rings (SSSR count). The van der Waals surface area contributed by atoms with Crippen LogP contribution in [0.3, 0.4) is 0 Å². The molecule has 2 aromatic rings. The van der Waals surface area contributed by atoms with Crippen LogP contribution in [0.25, 0.3) is 10.8 Å². The van der Waals surface area contributed by atoms with Crippen molar-refractivity contribution in [2.45, 2.75) is 6.04 Å². The van der Waals surface area contributed by atoms with E-state index in [1.54, 1.807) is 7.11 Å². The fourth-order valence-electron chi connectivity index (χ4n) is 2.63. The molecule has 0 radical (unpaired) electrons. The van der Waals surface area contributed by atoms with E-state index in [1.807, 2.05) is 24.4 Å². The third kappa shape index (κ3) is 2.36. The fraction of sp³-hybridized carbons (Fsp3) is 0.400. The maximum absolute atomic E-state index is 5.56. The highest BCUT2D eigenvalue weighted by Gasteiger charge is 2.24. The molecule has 1 aliphatic heterocycles. The number of methoxy groups -OCH3 is 1. The Morgan fingerprint density at radius 1 is 1.40 bits per heavy atom. The predicted octanol–water partition coefficient (Wildman–Crippen LogP) is 2.84. The van der Waals surface area contributed by atoms with Crippen LogP contribution in [0.1, 0.15) is 0 Å². The Hall–Kier alpha value is -1.33. The molecule has 2 heterocycles. The van der Waals surface area contributed by atoms with Crippen molar-refractivity contribution in [2.75, 3.05) is 37.1 Å². The summed E-state index contributed by atoms with van der Waals surface area (Å²) in [5.41, 5.74) is 0. The predicted molar refractivity (Wildman–Crippen MR) is 84.0 cm³/mol. The topological polar surface area (TPSA) is 34.6 Å². The van der Waals surface area contributed by atoms with Gasteiger partial charge in [0.15, 0.2) is 0 Å². The maximum atomic E-state index is 5.56. The molecule has 5 heteroatoms. The highest BCUT2D eigenvalue weighted by Crippen LogP contribution is 2.32. The molecular formula is C15H17BrN2O2. The number of pyridine rings is 1. The van der Waals surface area contributed by atoms with Gasteiger partial charge in [0.1, 0.15) is 11.6 Å². The van der Waals surface area contributed by atoms with Crippen molar-refractivity contribution in [3.8, 4) is 5.75 Å². The Balaban J connectivity index is 2.11. The van der Waals surface area contributed by atoms with E-state index in [-0.39, 0.29) is 0 Å². The minimum absolute atomic E-state index is 0.313. The second kappa shape index (κ2) is 5.97. The molecule has 1 aliphatic rings. The first-order valence-corrected chi connectivity index (χ1v) is 7.79. The zero-order valence-corrected chi connectivity index (χ0v) is 13.0. The van der Waals surface area contributed by atoms with Crippen molar-refractivity contribution < 1.29 is 9.47 Å². The number of anilines is 1. The first-order valence-electron chi connectivity index (χ1n) is 6.67. The average Bonchev–Trinajstić information content (AvgIpc) is 2.53. The number of nitrogens with zero attached hydrogens (tertiary/aromatic N) is 2. The van der Waals surface area contributed by atoms with Crippen molar-refractivity contribution in [1.82, 2.24) is 4.98 Å². The maximum Gasteiger partial charge on any atom is 0.136 e. The number of fused-ring (bicyclic) bond motifs is 1. The lowest BCUT2D eigenvalue weighted by Gasteiger charge is -2.36. The van der Waals surface area contributed by atoms with Crippen molar-refractivity contribution in [3.05, 3.63) is 30.5 Å². The monoisotopic (exact) mass is 336 g/mol. The number of ether oxygens (including phenoxy) is 2. The summed E-state index contributed by atoms with van der Waals surface area (Å²) in [6.45, 7) is 2.33. The van der Waals surface area contributed by atoms with E-state index in [9.17, 15) is 0 Å². The Kier molecular flexibility index (Phi) is 4.08. The summed E-state index contributed by atoms with van der Waals surface area (Å²) in [7, 11) is 1.70. The number of morpholine rings is 1. The Morgan fingerprint density at radius 2 is 2.30 bits per heavy atom. The number of hydrogen-bond donors (Lipinski definition) is 0. The zero-order valence-electron chi connectivity index (χ0n) is 11.4.